The lowest BCUT2D eigenvalue weighted by Crippen LogP contribution is -1.92. The average molecular weight is 321 g/mol. The van der Waals surface area contributed by atoms with E-state index in [9.17, 15) is 4.79 Å². The van der Waals surface area contributed by atoms with Gasteiger partial charge in [-0.1, -0.05) is 46.4 Å². The van der Waals surface area contributed by atoms with Crippen molar-refractivity contribution in [2.24, 2.45) is 0 Å². The second-order valence-electron chi connectivity index (χ2n) is 3.43. The number of carbonyl (C=O) groups excluding carboxylic acids is 1. The van der Waals surface area contributed by atoms with Gasteiger partial charge < -0.3 is 0 Å². The monoisotopic (exact) mass is 319 g/mol. The summed E-state index contributed by atoms with van der Waals surface area (Å²) in [6.07, 6.45) is 2.11. The van der Waals surface area contributed by atoms with Crippen molar-refractivity contribution in [3.8, 4) is 11.3 Å². The smallest absolute Gasteiger partial charge is 0.151 e. The number of hydrogen-bond acceptors (Lipinski definition) is 2. The Bertz CT molecular complexity index is 604. The SMILES string of the molecule is O=Cc1ccnc(-c2c(Cl)cc(Cl)cc2Cl)c1Cl. The molecule has 6 heteroatoms. The Labute approximate surface area is 123 Å². The van der Waals surface area contributed by atoms with Crippen LogP contribution >= 0.6 is 46.4 Å². The normalized spacial score (nSPS) is 10.4. The van der Waals surface area contributed by atoms with Crippen molar-refractivity contribution in [1.29, 1.82) is 0 Å². The highest BCUT2D eigenvalue weighted by atomic mass is 35.5. The molecule has 92 valence electrons. The van der Waals surface area contributed by atoms with E-state index in [4.69, 9.17) is 46.4 Å². The predicted octanol–water partition coefficient (Wildman–Crippen LogP) is 5.17. The number of halogens is 4. The van der Waals surface area contributed by atoms with E-state index in [0.717, 1.165) is 0 Å². The van der Waals surface area contributed by atoms with Crippen LogP contribution in [0.3, 0.4) is 0 Å². The molecule has 0 radical (unpaired) electrons. The highest BCUT2D eigenvalue weighted by molar-refractivity contribution is 6.43. The van der Waals surface area contributed by atoms with Crippen LogP contribution in [0.1, 0.15) is 10.4 Å². The third kappa shape index (κ3) is 2.47. The van der Waals surface area contributed by atoms with Crippen molar-refractivity contribution in [2.75, 3.05) is 0 Å². The number of rotatable bonds is 2. The first-order valence-electron chi connectivity index (χ1n) is 4.79. The highest BCUT2D eigenvalue weighted by Crippen LogP contribution is 2.39. The summed E-state index contributed by atoms with van der Waals surface area (Å²) < 4.78 is 0. The quantitative estimate of drug-likeness (QED) is 0.714. The van der Waals surface area contributed by atoms with Gasteiger partial charge >= 0.3 is 0 Å². The number of aldehydes is 1. The average Bonchev–Trinajstić information content (AvgIpc) is 2.30. The lowest BCUT2D eigenvalue weighted by Gasteiger charge is -2.09. The molecule has 1 aromatic heterocycles. The molecular formula is C12H5Cl4NO. The van der Waals surface area contributed by atoms with Gasteiger partial charge in [0.05, 0.1) is 20.8 Å². The minimum Gasteiger partial charge on any atom is -0.298 e. The van der Waals surface area contributed by atoms with Crippen LogP contribution in [-0.2, 0) is 0 Å². The minimum absolute atomic E-state index is 0.207. The first-order valence-corrected chi connectivity index (χ1v) is 6.30. The number of hydrogen-bond donors (Lipinski definition) is 0. The standard InChI is InChI=1S/C12H5Cl4NO/c13-7-3-8(14)10(9(15)4-7)12-11(16)6(5-18)1-2-17-12/h1-5H. The van der Waals surface area contributed by atoms with Crippen LogP contribution in [0, 0.1) is 0 Å². The molecule has 0 bridgehead atoms. The fourth-order valence-corrected chi connectivity index (χ4v) is 2.74. The van der Waals surface area contributed by atoms with Crippen molar-refractivity contribution in [3.63, 3.8) is 0 Å². The molecular weight excluding hydrogens is 316 g/mol. The Balaban J connectivity index is 2.73. The number of aromatic nitrogens is 1. The number of nitrogens with zero attached hydrogens (tertiary/aromatic N) is 1. The molecule has 0 fully saturated rings. The number of carbonyl (C=O) groups is 1. The van der Waals surface area contributed by atoms with E-state index in [1.165, 1.54) is 24.4 Å². The highest BCUT2D eigenvalue weighted by Gasteiger charge is 2.16. The summed E-state index contributed by atoms with van der Waals surface area (Å²) >= 11 is 24.1. The van der Waals surface area contributed by atoms with Crippen molar-refractivity contribution in [1.82, 2.24) is 4.98 Å². The molecule has 1 heterocycles. The van der Waals surface area contributed by atoms with E-state index in [0.29, 0.717) is 38.2 Å². The summed E-state index contributed by atoms with van der Waals surface area (Å²) in [5.74, 6) is 0. The molecule has 0 N–H and O–H groups in total. The predicted molar refractivity (Wildman–Crippen MR) is 75.1 cm³/mol. The third-order valence-electron chi connectivity index (χ3n) is 2.29. The lowest BCUT2D eigenvalue weighted by atomic mass is 10.1. The fraction of sp³-hybridized carbons (Fsp3) is 0. The molecule has 0 saturated carbocycles. The lowest BCUT2D eigenvalue weighted by molar-refractivity contribution is 0.112. The van der Waals surface area contributed by atoms with Crippen LogP contribution in [-0.4, -0.2) is 11.3 Å². The second kappa shape index (κ2) is 5.45. The zero-order valence-corrected chi connectivity index (χ0v) is 11.8. The minimum atomic E-state index is 0.207. The molecule has 0 aliphatic carbocycles. The van der Waals surface area contributed by atoms with E-state index >= 15 is 0 Å². The van der Waals surface area contributed by atoms with Crippen molar-refractivity contribution >= 4 is 52.7 Å². The van der Waals surface area contributed by atoms with Gasteiger partial charge in [-0.25, -0.2) is 0 Å². The van der Waals surface area contributed by atoms with Crippen LogP contribution < -0.4 is 0 Å². The first kappa shape index (κ1) is 13.6. The molecule has 2 aromatic rings. The van der Waals surface area contributed by atoms with Crippen LogP contribution in [0.15, 0.2) is 24.4 Å². The van der Waals surface area contributed by atoms with Crippen LogP contribution in [0.4, 0.5) is 0 Å². The Hall–Kier alpha value is -0.800. The number of benzene rings is 1. The van der Waals surface area contributed by atoms with Gasteiger partial charge in [0.1, 0.15) is 0 Å². The number of pyridine rings is 1. The van der Waals surface area contributed by atoms with Gasteiger partial charge in [0, 0.05) is 22.3 Å². The molecule has 0 unspecified atom stereocenters. The molecule has 0 spiro atoms. The summed E-state index contributed by atoms with van der Waals surface area (Å²) in [7, 11) is 0. The van der Waals surface area contributed by atoms with Crippen molar-refractivity contribution in [2.45, 2.75) is 0 Å². The van der Waals surface area contributed by atoms with E-state index in [-0.39, 0.29) is 5.02 Å². The molecule has 0 saturated heterocycles. The summed E-state index contributed by atoms with van der Waals surface area (Å²) in [5, 5.41) is 1.27. The van der Waals surface area contributed by atoms with Gasteiger partial charge in [-0.2, -0.15) is 0 Å². The van der Waals surface area contributed by atoms with Gasteiger partial charge in [-0.3, -0.25) is 9.78 Å². The van der Waals surface area contributed by atoms with E-state index in [1.807, 2.05) is 0 Å². The summed E-state index contributed by atoms with van der Waals surface area (Å²) in [5.41, 5.74) is 1.13. The Morgan fingerprint density at radius 1 is 1.06 bits per heavy atom. The topological polar surface area (TPSA) is 30.0 Å². The Kier molecular flexibility index (Phi) is 4.13. The largest absolute Gasteiger partial charge is 0.298 e. The molecule has 0 aliphatic rings. The van der Waals surface area contributed by atoms with Gasteiger partial charge in [0.25, 0.3) is 0 Å². The maximum atomic E-state index is 10.8. The zero-order chi connectivity index (χ0) is 13.3. The molecule has 1 aromatic carbocycles. The van der Waals surface area contributed by atoms with E-state index < -0.39 is 0 Å². The summed E-state index contributed by atoms with van der Waals surface area (Å²) in [6.45, 7) is 0. The summed E-state index contributed by atoms with van der Waals surface area (Å²) in [6, 6.07) is 4.59. The van der Waals surface area contributed by atoms with Crippen molar-refractivity contribution < 1.29 is 4.79 Å². The Morgan fingerprint density at radius 3 is 2.22 bits per heavy atom. The first-order chi connectivity index (χ1) is 8.54. The molecule has 18 heavy (non-hydrogen) atoms. The Morgan fingerprint density at radius 2 is 1.67 bits per heavy atom. The molecule has 0 aliphatic heterocycles. The van der Waals surface area contributed by atoms with Crippen LogP contribution in [0.5, 0.6) is 0 Å². The molecule has 2 nitrogen and oxygen atoms in total. The third-order valence-corrected chi connectivity index (χ3v) is 3.50. The van der Waals surface area contributed by atoms with Gasteiger partial charge in [-0.15, -0.1) is 0 Å². The maximum Gasteiger partial charge on any atom is 0.151 e. The van der Waals surface area contributed by atoms with Gasteiger partial charge in [0.15, 0.2) is 6.29 Å². The van der Waals surface area contributed by atoms with E-state index in [2.05, 4.69) is 4.98 Å². The zero-order valence-electron chi connectivity index (χ0n) is 8.75. The summed E-state index contributed by atoms with van der Waals surface area (Å²) in [4.78, 5) is 14.9. The second-order valence-corrected chi connectivity index (χ2v) is 5.05. The van der Waals surface area contributed by atoms with E-state index in [1.54, 1.807) is 0 Å². The van der Waals surface area contributed by atoms with Gasteiger partial charge in [0.2, 0.25) is 0 Å². The molecule has 0 atom stereocenters. The van der Waals surface area contributed by atoms with Gasteiger partial charge in [-0.05, 0) is 18.2 Å². The molecule has 2 rings (SSSR count). The fourth-order valence-electron chi connectivity index (χ4n) is 1.49. The maximum absolute atomic E-state index is 10.8. The molecule has 0 amide bonds. The van der Waals surface area contributed by atoms with Crippen molar-refractivity contribution in [3.05, 3.63) is 50.0 Å². The van der Waals surface area contributed by atoms with Crippen LogP contribution in [0.25, 0.3) is 11.3 Å². The van der Waals surface area contributed by atoms with Crippen LogP contribution in [0.2, 0.25) is 20.1 Å².